The van der Waals surface area contributed by atoms with Gasteiger partial charge in [0, 0.05) is 24.2 Å². The highest BCUT2D eigenvalue weighted by atomic mass is 35.5. The van der Waals surface area contributed by atoms with Crippen molar-refractivity contribution < 1.29 is 19.1 Å². The maximum Gasteiger partial charge on any atom is 0.251 e. The van der Waals surface area contributed by atoms with Crippen molar-refractivity contribution >= 4 is 40.9 Å². The molecule has 2 aromatic heterocycles. The minimum atomic E-state index is -0.366. The highest BCUT2D eigenvalue weighted by Gasteiger charge is 2.25. The van der Waals surface area contributed by atoms with E-state index < -0.39 is 0 Å². The van der Waals surface area contributed by atoms with Crippen LogP contribution in [0.25, 0.3) is 0 Å². The van der Waals surface area contributed by atoms with Crippen LogP contribution in [0.2, 0.25) is 5.02 Å². The van der Waals surface area contributed by atoms with E-state index >= 15 is 0 Å². The summed E-state index contributed by atoms with van der Waals surface area (Å²) in [6, 6.07) is 3.52. The van der Waals surface area contributed by atoms with Gasteiger partial charge in [-0.1, -0.05) is 18.2 Å². The zero-order valence-electron chi connectivity index (χ0n) is 19.2. The van der Waals surface area contributed by atoms with Gasteiger partial charge in [0.15, 0.2) is 11.6 Å². The Morgan fingerprint density at radius 3 is 2.69 bits per heavy atom. The molecule has 1 saturated carbocycles. The van der Waals surface area contributed by atoms with Gasteiger partial charge in [-0.05, 0) is 31.1 Å². The standard InChI is InChI=1S/C23H24ClN7O4/c1-4-19(32)28-17-11-31(2)30-21(17)29-23-25-9-16(10-26-23)35-12-14-7-13(8-18(34-3)20(14)24)22(33)27-15-5-6-15/h4,7-11,15H,1,5-6,12H2,2-3H3,(H,27,33)(H,28,32)(H,25,26,29,30). The predicted octanol–water partition coefficient (Wildman–Crippen LogP) is 3.21. The molecule has 0 aliphatic heterocycles. The van der Waals surface area contributed by atoms with Gasteiger partial charge in [0.25, 0.3) is 5.91 Å². The first-order chi connectivity index (χ1) is 16.9. The lowest BCUT2D eigenvalue weighted by atomic mass is 10.1. The van der Waals surface area contributed by atoms with E-state index in [1.165, 1.54) is 24.2 Å². The maximum absolute atomic E-state index is 12.5. The lowest BCUT2D eigenvalue weighted by molar-refractivity contribution is -0.111. The molecule has 2 amide bonds. The average Bonchev–Trinajstić information content (AvgIpc) is 3.60. The van der Waals surface area contributed by atoms with E-state index in [1.54, 1.807) is 25.4 Å². The Labute approximate surface area is 206 Å². The number of halogens is 1. The van der Waals surface area contributed by atoms with Crippen molar-refractivity contribution in [3.05, 3.63) is 59.5 Å². The highest BCUT2D eigenvalue weighted by Crippen LogP contribution is 2.31. The van der Waals surface area contributed by atoms with Crippen LogP contribution in [-0.4, -0.2) is 44.7 Å². The van der Waals surface area contributed by atoms with Gasteiger partial charge in [-0.2, -0.15) is 5.10 Å². The number of rotatable bonds is 10. The SMILES string of the molecule is C=CC(=O)Nc1cn(C)nc1Nc1ncc(OCc2cc(C(=O)NC3CC3)cc(OC)c2Cl)cn1. The molecule has 0 unspecified atom stereocenters. The molecule has 3 aromatic rings. The maximum atomic E-state index is 12.5. The average molecular weight is 498 g/mol. The smallest absolute Gasteiger partial charge is 0.251 e. The lowest BCUT2D eigenvalue weighted by Gasteiger charge is -2.13. The number of methoxy groups -OCH3 is 1. The molecule has 35 heavy (non-hydrogen) atoms. The Morgan fingerprint density at radius 2 is 2.03 bits per heavy atom. The van der Waals surface area contributed by atoms with Gasteiger partial charge in [0.1, 0.15) is 18.0 Å². The molecule has 1 aliphatic rings. The Hall–Kier alpha value is -4.12. The van der Waals surface area contributed by atoms with Crippen molar-refractivity contribution in [2.24, 2.45) is 7.05 Å². The number of aryl methyl sites for hydroxylation is 1. The lowest BCUT2D eigenvalue weighted by Crippen LogP contribution is -2.25. The van der Waals surface area contributed by atoms with Crippen LogP contribution in [0.4, 0.5) is 17.5 Å². The molecule has 11 nitrogen and oxygen atoms in total. The first-order valence-corrected chi connectivity index (χ1v) is 11.1. The van der Waals surface area contributed by atoms with Crippen LogP contribution in [-0.2, 0) is 18.4 Å². The van der Waals surface area contributed by atoms with Crippen molar-refractivity contribution in [2.75, 3.05) is 17.7 Å². The van der Waals surface area contributed by atoms with E-state index in [4.69, 9.17) is 21.1 Å². The predicted molar refractivity (Wildman–Crippen MR) is 130 cm³/mol. The Morgan fingerprint density at radius 1 is 1.29 bits per heavy atom. The second-order valence-electron chi connectivity index (χ2n) is 7.81. The Kier molecular flexibility index (Phi) is 7.16. The summed E-state index contributed by atoms with van der Waals surface area (Å²) in [7, 11) is 3.21. The van der Waals surface area contributed by atoms with Gasteiger partial charge >= 0.3 is 0 Å². The molecular weight excluding hydrogens is 474 g/mol. The largest absolute Gasteiger partial charge is 0.495 e. The molecule has 0 atom stereocenters. The second-order valence-corrected chi connectivity index (χ2v) is 8.19. The minimum Gasteiger partial charge on any atom is -0.495 e. The highest BCUT2D eigenvalue weighted by molar-refractivity contribution is 6.33. The van der Waals surface area contributed by atoms with E-state index in [0.29, 0.717) is 39.2 Å². The van der Waals surface area contributed by atoms with Gasteiger partial charge in [0.2, 0.25) is 11.9 Å². The fourth-order valence-electron chi connectivity index (χ4n) is 3.11. The van der Waals surface area contributed by atoms with Crippen molar-refractivity contribution in [3.63, 3.8) is 0 Å². The summed E-state index contributed by atoms with van der Waals surface area (Å²) in [5, 5.41) is 13.2. The van der Waals surface area contributed by atoms with Gasteiger partial charge in [-0.25, -0.2) is 9.97 Å². The van der Waals surface area contributed by atoms with Crippen LogP contribution in [0.3, 0.4) is 0 Å². The summed E-state index contributed by atoms with van der Waals surface area (Å²) in [5.74, 6) is 0.856. The molecule has 3 N–H and O–H groups in total. The van der Waals surface area contributed by atoms with E-state index in [1.807, 2.05) is 0 Å². The molecule has 0 bridgehead atoms. The second kappa shape index (κ2) is 10.4. The number of nitrogens with one attached hydrogen (secondary N) is 3. The monoisotopic (exact) mass is 497 g/mol. The number of aromatic nitrogens is 4. The van der Waals surface area contributed by atoms with Gasteiger partial charge < -0.3 is 25.4 Å². The number of anilines is 3. The molecular formula is C23H24ClN7O4. The molecule has 182 valence electrons. The summed E-state index contributed by atoms with van der Waals surface area (Å²) in [4.78, 5) is 32.6. The summed E-state index contributed by atoms with van der Waals surface area (Å²) in [5.41, 5.74) is 1.49. The molecule has 1 fully saturated rings. The molecule has 4 rings (SSSR count). The van der Waals surface area contributed by atoms with E-state index in [-0.39, 0.29) is 30.4 Å². The first-order valence-electron chi connectivity index (χ1n) is 10.7. The fourth-order valence-corrected chi connectivity index (χ4v) is 3.36. The number of hydrogen-bond donors (Lipinski definition) is 3. The van der Waals surface area contributed by atoms with E-state index in [9.17, 15) is 9.59 Å². The topological polar surface area (TPSA) is 132 Å². The Bertz CT molecular complexity index is 1260. The van der Waals surface area contributed by atoms with Crippen LogP contribution in [0.5, 0.6) is 11.5 Å². The third kappa shape index (κ3) is 6.07. The number of nitrogens with zero attached hydrogens (tertiary/aromatic N) is 4. The number of ether oxygens (including phenoxy) is 2. The fraction of sp³-hybridized carbons (Fsp3) is 0.261. The van der Waals surface area contributed by atoms with Gasteiger partial charge in [-0.3, -0.25) is 14.3 Å². The zero-order valence-corrected chi connectivity index (χ0v) is 19.9. The van der Waals surface area contributed by atoms with Crippen molar-refractivity contribution in [2.45, 2.75) is 25.5 Å². The zero-order chi connectivity index (χ0) is 24.9. The quantitative estimate of drug-likeness (QED) is 0.364. The number of hydrogen-bond acceptors (Lipinski definition) is 8. The number of benzene rings is 1. The molecule has 12 heteroatoms. The van der Waals surface area contributed by atoms with Crippen LogP contribution in [0, 0.1) is 0 Å². The third-order valence-corrected chi connectivity index (χ3v) is 5.46. The summed E-state index contributed by atoms with van der Waals surface area (Å²) >= 11 is 6.43. The van der Waals surface area contributed by atoms with Crippen molar-refractivity contribution in [1.82, 2.24) is 25.1 Å². The van der Waals surface area contributed by atoms with Crippen molar-refractivity contribution in [3.8, 4) is 11.5 Å². The molecule has 0 radical (unpaired) electrons. The number of amides is 2. The van der Waals surface area contributed by atoms with Crippen LogP contribution < -0.4 is 25.4 Å². The summed E-state index contributed by atoms with van der Waals surface area (Å²) in [6.45, 7) is 3.51. The van der Waals surface area contributed by atoms with E-state index in [0.717, 1.165) is 18.9 Å². The van der Waals surface area contributed by atoms with Crippen LogP contribution >= 0.6 is 11.6 Å². The minimum absolute atomic E-state index is 0.0772. The molecule has 0 saturated heterocycles. The molecule has 0 spiro atoms. The molecule has 1 aliphatic carbocycles. The summed E-state index contributed by atoms with van der Waals surface area (Å²) in [6.07, 6.45) is 7.74. The van der Waals surface area contributed by atoms with Crippen LogP contribution in [0.15, 0.2) is 43.4 Å². The Balaban J connectivity index is 1.43. The van der Waals surface area contributed by atoms with E-state index in [2.05, 4.69) is 37.6 Å². The third-order valence-electron chi connectivity index (χ3n) is 5.03. The number of carbonyl (C=O) groups excluding carboxylic acids is 2. The molecule has 2 heterocycles. The van der Waals surface area contributed by atoms with Gasteiger partial charge in [-0.15, -0.1) is 0 Å². The normalized spacial score (nSPS) is 12.5. The first kappa shape index (κ1) is 24.0. The van der Waals surface area contributed by atoms with Gasteiger partial charge in [0.05, 0.1) is 30.7 Å². The van der Waals surface area contributed by atoms with Crippen molar-refractivity contribution in [1.29, 1.82) is 0 Å². The van der Waals surface area contributed by atoms with Crippen LogP contribution in [0.1, 0.15) is 28.8 Å². The molecule has 1 aromatic carbocycles. The number of carbonyl (C=O) groups is 2. The summed E-state index contributed by atoms with van der Waals surface area (Å²) < 4.78 is 12.6.